The van der Waals surface area contributed by atoms with Gasteiger partial charge in [-0.15, -0.1) is 0 Å². The predicted octanol–water partition coefficient (Wildman–Crippen LogP) is -0.929. The summed E-state index contributed by atoms with van der Waals surface area (Å²) in [5.74, 6) is -1.55. The third kappa shape index (κ3) is 7.01. The lowest BCUT2D eigenvalue weighted by Gasteiger charge is -2.21. The molecule has 0 radical (unpaired) electrons. The summed E-state index contributed by atoms with van der Waals surface area (Å²) >= 11 is 5.38. The van der Waals surface area contributed by atoms with Crippen molar-refractivity contribution in [2.45, 2.75) is 31.5 Å². The molecule has 0 fully saturated rings. The SMILES string of the molecule is CSCC[C@H](NC(=O)[C@H](C)N)C(=O)N[C@@H](CS)C(=O)O. The summed E-state index contributed by atoms with van der Waals surface area (Å²) in [7, 11) is 0. The van der Waals surface area contributed by atoms with Crippen LogP contribution in [0.2, 0.25) is 0 Å². The lowest BCUT2D eigenvalue weighted by Crippen LogP contribution is -2.54. The molecule has 3 atom stereocenters. The molecule has 7 nitrogen and oxygen atoms in total. The van der Waals surface area contributed by atoms with E-state index in [9.17, 15) is 14.4 Å². The van der Waals surface area contributed by atoms with E-state index in [2.05, 4.69) is 23.3 Å². The zero-order valence-electron chi connectivity index (χ0n) is 11.5. The Morgan fingerprint density at radius 1 is 1.25 bits per heavy atom. The summed E-state index contributed by atoms with van der Waals surface area (Å²) in [5, 5.41) is 13.7. The van der Waals surface area contributed by atoms with E-state index in [1.54, 1.807) is 0 Å². The molecule has 0 spiro atoms. The van der Waals surface area contributed by atoms with Gasteiger partial charge in [-0.25, -0.2) is 4.79 Å². The van der Waals surface area contributed by atoms with E-state index in [1.165, 1.54) is 18.7 Å². The number of thioether (sulfide) groups is 1. The van der Waals surface area contributed by atoms with Crippen LogP contribution in [0.25, 0.3) is 0 Å². The lowest BCUT2D eigenvalue weighted by molar-refractivity contribution is -0.141. The normalized spacial score (nSPS) is 15.0. The van der Waals surface area contributed by atoms with Gasteiger partial charge in [-0.05, 0) is 25.4 Å². The van der Waals surface area contributed by atoms with E-state index >= 15 is 0 Å². The second kappa shape index (κ2) is 9.89. The van der Waals surface area contributed by atoms with Crippen molar-refractivity contribution < 1.29 is 19.5 Å². The highest BCUT2D eigenvalue weighted by Gasteiger charge is 2.26. The quantitative estimate of drug-likeness (QED) is 0.350. The first kappa shape index (κ1) is 19.1. The maximum absolute atomic E-state index is 12.0. The van der Waals surface area contributed by atoms with Crippen LogP contribution in [0.15, 0.2) is 0 Å². The number of rotatable bonds is 9. The van der Waals surface area contributed by atoms with Gasteiger partial charge in [0.1, 0.15) is 12.1 Å². The van der Waals surface area contributed by atoms with Crippen molar-refractivity contribution in [3.63, 3.8) is 0 Å². The van der Waals surface area contributed by atoms with Crippen molar-refractivity contribution in [3.05, 3.63) is 0 Å². The minimum absolute atomic E-state index is 0.0302. The van der Waals surface area contributed by atoms with E-state index in [4.69, 9.17) is 10.8 Å². The number of carboxylic acid groups (broad SMARTS) is 1. The number of hydrogen-bond donors (Lipinski definition) is 5. The van der Waals surface area contributed by atoms with Gasteiger partial charge in [-0.2, -0.15) is 24.4 Å². The molecule has 0 aliphatic rings. The highest BCUT2D eigenvalue weighted by molar-refractivity contribution is 7.98. The van der Waals surface area contributed by atoms with Gasteiger partial charge in [-0.3, -0.25) is 9.59 Å². The summed E-state index contributed by atoms with van der Waals surface area (Å²) in [6, 6.07) is -2.63. The van der Waals surface area contributed by atoms with Crippen LogP contribution in [0.5, 0.6) is 0 Å². The Balaban J connectivity index is 4.70. The zero-order chi connectivity index (χ0) is 15.7. The zero-order valence-corrected chi connectivity index (χ0v) is 13.2. The Labute approximate surface area is 127 Å². The van der Waals surface area contributed by atoms with Gasteiger partial charge >= 0.3 is 5.97 Å². The van der Waals surface area contributed by atoms with Crippen molar-refractivity contribution >= 4 is 42.2 Å². The van der Waals surface area contributed by atoms with Gasteiger partial charge in [0.2, 0.25) is 11.8 Å². The molecule has 116 valence electrons. The molecule has 5 N–H and O–H groups in total. The molecular formula is C11H21N3O4S2. The van der Waals surface area contributed by atoms with Crippen molar-refractivity contribution in [1.29, 1.82) is 0 Å². The van der Waals surface area contributed by atoms with Crippen molar-refractivity contribution in [2.75, 3.05) is 17.8 Å². The lowest BCUT2D eigenvalue weighted by atomic mass is 10.1. The fourth-order valence-electron chi connectivity index (χ4n) is 1.27. The van der Waals surface area contributed by atoms with E-state index in [0.717, 1.165) is 0 Å². The molecule has 20 heavy (non-hydrogen) atoms. The van der Waals surface area contributed by atoms with Crippen LogP contribution in [0, 0.1) is 0 Å². The Morgan fingerprint density at radius 3 is 2.20 bits per heavy atom. The smallest absolute Gasteiger partial charge is 0.327 e. The maximum Gasteiger partial charge on any atom is 0.327 e. The molecule has 0 aromatic rings. The fourth-order valence-corrected chi connectivity index (χ4v) is 1.98. The average Bonchev–Trinajstić information content (AvgIpc) is 2.39. The number of thiol groups is 1. The largest absolute Gasteiger partial charge is 0.480 e. The van der Waals surface area contributed by atoms with Crippen molar-refractivity contribution in [1.82, 2.24) is 10.6 Å². The van der Waals surface area contributed by atoms with Gasteiger partial charge in [-0.1, -0.05) is 0 Å². The van der Waals surface area contributed by atoms with Crippen LogP contribution >= 0.6 is 24.4 Å². The number of carbonyl (C=O) groups is 3. The molecule has 0 aliphatic heterocycles. The number of nitrogens with one attached hydrogen (secondary N) is 2. The van der Waals surface area contributed by atoms with E-state index in [1.807, 2.05) is 6.26 Å². The third-order valence-electron chi connectivity index (χ3n) is 2.45. The van der Waals surface area contributed by atoms with Gasteiger partial charge in [0, 0.05) is 5.75 Å². The second-order valence-corrected chi connectivity index (χ2v) is 5.56. The summed E-state index contributed by atoms with van der Waals surface area (Å²) in [4.78, 5) is 34.4. The molecule has 0 bridgehead atoms. The molecule has 2 amide bonds. The van der Waals surface area contributed by atoms with Crippen LogP contribution < -0.4 is 16.4 Å². The Kier molecular flexibility index (Phi) is 9.43. The van der Waals surface area contributed by atoms with E-state index in [0.29, 0.717) is 12.2 Å². The summed E-state index contributed by atoms with van der Waals surface area (Å²) in [6.07, 6.45) is 2.26. The third-order valence-corrected chi connectivity index (χ3v) is 3.46. The molecule has 0 unspecified atom stereocenters. The number of aliphatic carboxylic acids is 1. The van der Waals surface area contributed by atoms with Crippen LogP contribution in [-0.2, 0) is 14.4 Å². The second-order valence-electron chi connectivity index (χ2n) is 4.21. The van der Waals surface area contributed by atoms with Crippen LogP contribution in [0.1, 0.15) is 13.3 Å². The van der Waals surface area contributed by atoms with Crippen molar-refractivity contribution in [3.8, 4) is 0 Å². The van der Waals surface area contributed by atoms with Gasteiger partial charge in [0.05, 0.1) is 6.04 Å². The molecule has 0 aliphatic carbocycles. The van der Waals surface area contributed by atoms with Gasteiger partial charge in [0.15, 0.2) is 0 Å². The van der Waals surface area contributed by atoms with E-state index in [-0.39, 0.29) is 5.75 Å². The Hall–Kier alpha value is -0.930. The van der Waals surface area contributed by atoms with Crippen molar-refractivity contribution in [2.24, 2.45) is 5.73 Å². The number of carboxylic acids is 1. The van der Waals surface area contributed by atoms with Gasteiger partial charge < -0.3 is 21.5 Å². The van der Waals surface area contributed by atoms with Gasteiger partial charge in [0.25, 0.3) is 0 Å². The monoisotopic (exact) mass is 323 g/mol. The first-order valence-electron chi connectivity index (χ1n) is 6.02. The standard InChI is InChI=1S/C11H21N3O4S2/c1-6(12)9(15)13-7(3-4-20-2)10(16)14-8(5-19)11(17)18/h6-8,19H,3-5,12H2,1-2H3,(H,13,15)(H,14,16)(H,17,18)/t6-,7-,8-/m0/s1. The molecular weight excluding hydrogens is 302 g/mol. The highest BCUT2D eigenvalue weighted by Crippen LogP contribution is 2.02. The molecule has 0 saturated carbocycles. The molecule has 0 aromatic heterocycles. The Morgan fingerprint density at radius 2 is 1.80 bits per heavy atom. The topological polar surface area (TPSA) is 122 Å². The molecule has 0 heterocycles. The minimum atomic E-state index is -1.17. The van der Waals surface area contributed by atoms with E-state index < -0.39 is 35.9 Å². The fraction of sp³-hybridized carbons (Fsp3) is 0.727. The first-order chi connectivity index (χ1) is 9.33. The molecule has 9 heteroatoms. The number of hydrogen-bond acceptors (Lipinski definition) is 6. The Bertz CT molecular complexity index is 353. The molecule has 0 aromatic carbocycles. The summed E-state index contributed by atoms with van der Waals surface area (Å²) in [6.45, 7) is 1.51. The van der Waals surface area contributed by atoms with Crippen LogP contribution in [-0.4, -0.2) is 58.8 Å². The van der Waals surface area contributed by atoms with Crippen LogP contribution in [0.4, 0.5) is 0 Å². The number of amides is 2. The van der Waals surface area contributed by atoms with Crippen LogP contribution in [0.3, 0.4) is 0 Å². The molecule has 0 rings (SSSR count). The number of nitrogens with two attached hydrogens (primary N) is 1. The number of carbonyl (C=O) groups excluding carboxylic acids is 2. The summed E-state index contributed by atoms with van der Waals surface area (Å²) in [5.41, 5.74) is 5.43. The minimum Gasteiger partial charge on any atom is -0.480 e. The predicted molar refractivity (Wildman–Crippen MR) is 82.0 cm³/mol. The first-order valence-corrected chi connectivity index (χ1v) is 8.05. The highest BCUT2D eigenvalue weighted by atomic mass is 32.2. The average molecular weight is 323 g/mol. The summed E-state index contributed by atoms with van der Waals surface area (Å²) < 4.78 is 0. The maximum atomic E-state index is 12.0. The molecule has 0 saturated heterocycles.